The number of hydrogen-bond donors (Lipinski definition) is 1. The van der Waals surface area contributed by atoms with Crippen LogP contribution in [0, 0.1) is 5.92 Å². The van der Waals surface area contributed by atoms with Gasteiger partial charge in [0.15, 0.2) is 0 Å². The Kier molecular flexibility index (Phi) is 7.23. The number of carbonyl (C=O) groups is 2. The molecule has 0 aliphatic heterocycles. The molecule has 6 heteroatoms. The lowest BCUT2D eigenvalue weighted by molar-refractivity contribution is -0.131. The lowest BCUT2D eigenvalue weighted by atomic mass is 9.88. The first kappa shape index (κ1) is 23.9. The van der Waals surface area contributed by atoms with E-state index < -0.39 is 5.97 Å². The molecule has 5 rings (SSSR count). The second-order valence-electron chi connectivity index (χ2n) is 9.26. The summed E-state index contributed by atoms with van der Waals surface area (Å²) in [5, 5.41) is 9.00. The molecule has 0 unspecified atom stereocenters. The van der Waals surface area contributed by atoms with Crippen LogP contribution in [0.1, 0.15) is 43.2 Å². The second kappa shape index (κ2) is 10.9. The maximum absolute atomic E-state index is 13.7. The number of benzene rings is 3. The van der Waals surface area contributed by atoms with Crippen LogP contribution in [0.2, 0.25) is 0 Å². The van der Waals surface area contributed by atoms with Crippen LogP contribution in [0.4, 0.5) is 5.69 Å². The van der Waals surface area contributed by atoms with Gasteiger partial charge in [-0.1, -0.05) is 61.7 Å². The number of aliphatic carboxylic acids is 1. The minimum absolute atomic E-state index is 0.0300. The summed E-state index contributed by atoms with van der Waals surface area (Å²) >= 11 is 1.64. The first-order valence-electron chi connectivity index (χ1n) is 12.3. The van der Waals surface area contributed by atoms with Gasteiger partial charge in [0.05, 0.1) is 22.3 Å². The molecule has 0 atom stereocenters. The molecule has 36 heavy (non-hydrogen) atoms. The Morgan fingerprint density at radius 1 is 0.972 bits per heavy atom. The Morgan fingerprint density at radius 2 is 1.75 bits per heavy atom. The minimum atomic E-state index is -0.995. The maximum atomic E-state index is 13.7. The second-order valence-corrected chi connectivity index (χ2v) is 10.1. The fourth-order valence-corrected chi connectivity index (χ4v) is 5.57. The van der Waals surface area contributed by atoms with Crippen LogP contribution in [-0.4, -0.2) is 22.0 Å². The minimum Gasteiger partial charge on any atom is -0.478 e. The predicted octanol–water partition coefficient (Wildman–Crippen LogP) is 7.17. The number of carbonyl (C=O) groups excluding carboxylic acids is 1. The molecular formula is C30H28N2O3S. The average molecular weight is 497 g/mol. The van der Waals surface area contributed by atoms with E-state index in [1.165, 1.54) is 6.42 Å². The molecule has 1 fully saturated rings. The van der Waals surface area contributed by atoms with Crippen molar-refractivity contribution in [1.82, 2.24) is 4.98 Å². The van der Waals surface area contributed by atoms with Crippen LogP contribution in [0.25, 0.3) is 27.4 Å². The standard InChI is InChI=1S/C30H28N2O3S/c33-29(34)16-11-21-5-4-8-26(17-21)32(30(35)24-6-2-1-3-7-24)19-22-9-12-23(13-10-22)25-14-15-27-28(18-25)36-20-31-27/h4-5,8-18,20,24H,1-3,6-7,19H2,(H,33,34)/b16-11+. The van der Waals surface area contributed by atoms with Gasteiger partial charge in [0, 0.05) is 17.7 Å². The Morgan fingerprint density at radius 3 is 2.53 bits per heavy atom. The Hall–Kier alpha value is -3.77. The number of amides is 1. The van der Waals surface area contributed by atoms with Crippen molar-refractivity contribution in [2.24, 2.45) is 5.92 Å². The van der Waals surface area contributed by atoms with Crippen molar-refractivity contribution in [1.29, 1.82) is 0 Å². The van der Waals surface area contributed by atoms with Crippen LogP contribution >= 0.6 is 11.3 Å². The number of carboxylic acid groups (broad SMARTS) is 1. The van der Waals surface area contributed by atoms with E-state index in [0.717, 1.165) is 69.9 Å². The highest BCUT2D eigenvalue weighted by atomic mass is 32.1. The van der Waals surface area contributed by atoms with E-state index in [1.54, 1.807) is 17.4 Å². The van der Waals surface area contributed by atoms with Gasteiger partial charge in [0.25, 0.3) is 0 Å². The number of anilines is 1. The molecule has 5 nitrogen and oxygen atoms in total. The summed E-state index contributed by atoms with van der Waals surface area (Å²) in [5.74, 6) is -0.818. The van der Waals surface area contributed by atoms with Crippen LogP contribution in [0.5, 0.6) is 0 Å². The van der Waals surface area contributed by atoms with E-state index >= 15 is 0 Å². The number of fused-ring (bicyclic) bond motifs is 1. The highest BCUT2D eigenvalue weighted by Gasteiger charge is 2.27. The third-order valence-electron chi connectivity index (χ3n) is 6.78. The third-order valence-corrected chi connectivity index (χ3v) is 7.57. The van der Waals surface area contributed by atoms with Gasteiger partial charge < -0.3 is 10.0 Å². The maximum Gasteiger partial charge on any atom is 0.328 e. The quantitative estimate of drug-likeness (QED) is 0.275. The summed E-state index contributed by atoms with van der Waals surface area (Å²) in [7, 11) is 0. The van der Waals surface area contributed by atoms with Crippen molar-refractivity contribution in [3.63, 3.8) is 0 Å². The van der Waals surface area contributed by atoms with Gasteiger partial charge in [-0.2, -0.15) is 0 Å². The zero-order valence-electron chi connectivity index (χ0n) is 20.0. The first-order chi connectivity index (χ1) is 17.6. The van der Waals surface area contributed by atoms with Crippen molar-refractivity contribution >= 4 is 45.2 Å². The molecule has 1 amide bonds. The Labute approximate surface area is 214 Å². The molecule has 0 spiro atoms. The summed E-state index contributed by atoms with van der Waals surface area (Å²) in [5.41, 5.74) is 7.74. The summed E-state index contributed by atoms with van der Waals surface area (Å²) in [6.07, 6.45) is 7.89. The van der Waals surface area contributed by atoms with Crippen LogP contribution in [-0.2, 0) is 16.1 Å². The molecule has 1 saturated carbocycles. The molecule has 1 aromatic heterocycles. The normalized spacial score (nSPS) is 14.3. The Bertz CT molecular complexity index is 1400. The van der Waals surface area contributed by atoms with Crippen LogP contribution in [0.3, 0.4) is 0 Å². The van der Waals surface area contributed by atoms with Crippen molar-refractivity contribution < 1.29 is 14.7 Å². The molecule has 1 aliphatic rings. The topological polar surface area (TPSA) is 70.5 Å². The molecule has 4 aromatic rings. The van der Waals surface area contributed by atoms with E-state index in [4.69, 9.17) is 5.11 Å². The molecule has 1 heterocycles. The van der Waals surface area contributed by atoms with Crippen molar-refractivity contribution in [3.8, 4) is 11.1 Å². The van der Waals surface area contributed by atoms with E-state index in [9.17, 15) is 9.59 Å². The van der Waals surface area contributed by atoms with E-state index in [1.807, 2.05) is 40.7 Å². The average Bonchev–Trinajstić information content (AvgIpc) is 3.39. The van der Waals surface area contributed by atoms with Gasteiger partial charge in [0.1, 0.15) is 0 Å². The monoisotopic (exact) mass is 496 g/mol. The Balaban J connectivity index is 1.42. The zero-order chi connectivity index (χ0) is 24.9. The summed E-state index contributed by atoms with van der Waals surface area (Å²) < 4.78 is 1.16. The predicted molar refractivity (Wildman–Crippen MR) is 146 cm³/mol. The fraction of sp³-hybridized carbons (Fsp3) is 0.233. The SMILES string of the molecule is O=C(O)/C=C/c1cccc(N(Cc2ccc(-c3ccc4ncsc4c3)cc2)C(=O)C2CCCCC2)c1. The first-order valence-corrected chi connectivity index (χ1v) is 13.2. The fourth-order valence-electron chi connectivity index (χ4n) is 4.85. The number of thiazole rings is 1. The molecule has 0 radical (unpaired) electrons. The number of nitrogens with zero attached hydrogens (tertiary/aromatic N) is 2. The van der Waals surface area contributed by atoms with Gasteiger partial charge in [-0.05, 0) is 65.4 Å². The summed E-state index contributed by atoms with van der Waals surface area (Å²) in [6, 6.07) is 22.2. The van der Waals surface area contributed by atoms with Crippen molar-refractivity contribution in [3.05, 3.63) is 89.4 Å². The highest BCUT2D eigenvalue weighted by Crippen LogP contribution is 2.30. The van der Waals surface area contributed by atoms with E-state index in [2.05, 4.69) is 41.4 Å². The third kappa shape index (κ3) is 5.55. The van der Waals surface area contributed by atoms with Crippen molar-refractivity contribution in [2.75, 3.05) is 4.90 Å². The van der Waals surface area contributed by atoms with Gasteiger partial charge in [-0.3, -0.25) is 4.79 Å². The number of aromatic nitrogens is 1. The number of hydrogen-bond acceptors (Lipinski definition) is 4. The van der Waals surface area contributed by atoms with Gasteiger partial charge in [0.2, 0.25) is 5.91 Å². The largest absolute Gasteiger partial charge is 0.478 e. The molecule has 1 aliphatic carbocycles. The van der Waals surface area contributed by atoms with E-state index in [0.29, 0.717) is 6.54 Å². The van der Waals surface area contributed by atoms with Gasteiger partial charge in [-0.25, -0.2) is 9.78 Å². The molecule has 0 saturated heterocycles. The number of carboxylic acids is 1. The molecule has 182 valence electrons. The van der Waals surface area contributed by atoms with Crippen LogP contribution < -0.4 is 4.90 Å². The lowest BCUT2D eigenvalue weighted by Crippen LogP contribution is -2.36. The van der Waals surface area contributed by atoms with Gasteiger partial charge in [-0.15, -0.1) is 11.3 Å². The van der Waals surface area contributed by atoms with E-state index in [-0.39, 0.29) is 11.8 Å². The lowest BCUT2D eigenvalue weighted by Gasteiger charge is -2.30. The highest BCUT2D eigenvalue weighted by molar-refractivity contribution is 7.16. The van der Waals surface area contributed by atoms with Crippen molar-refractivity contribution in [2.45, 2.75) is 38.6 Å². The molecule has 1 N–H and O–H groups in total. The zero-order valence-corrected chi connectivity index (χ0v) is 20.8. The number of rotatable bonds is 7. The molecular weight excluding hydrogens is 468 g/mol. The smallest absolute Gasteiger partial charge is 0.328 e. The summed E-state index contributed by atoms with van der Waals surface area (Å²) in [6.45, 7) is 0.468. The molecule has 3 aromatic carbocycles. The molecule has 0 bridgehead atoms. The van der Waals surface area contributed by atoms with Gasteiger partial charge >= 0.3 is 5.97 Å². The summed E-state index contributed by atoms with van der Waals surface area (Å²) in [4.78, 5) is 30.9. The van der Waals surface area contributed by atoms with Crippen LogP contribution in [0.15, 0.2) is 78.3 Å².